The van der Waals surface area contributed by atoms with E-state index in [1.807, 2.05) is 63.2 Å². The van der Waals surface area contributed by atoms with Crippen molar-refractivity contribution >= 4 is 23.0 Å². The molecular weight excluding hydrogens is 344 g/mol. The van der Waals surface area contributed by atoms with Gasteiger partial charge in [-0.05, 0) is 69.6 Å². The molecule has 5 heteroatoms. The highest BCUT2D eigenvalue weighted by molar-refractivity contribution is 7.80. The normalized spacial score (nSPS) is 10.5. The van der Waals surface area contributed by atoms with Crippen LogP contribution in [0.4, 0.5) is 5.69 Å². The summed E-state index contributed by atoms with van der Waals surface area (Å²) < 4.78 is 11.4. The summed E-state index contributed by atoms with van der Waals surface area (Å²) in [5, 5.41) is 7.07. The lowest BCUT2D eigenvalue weighted by molar-refractivity contribution is 0.242. The highest BCUT2D eigenvalue weighted by atomic mass is 32.1. The Hall–Kier alpha value is -2.27. The lowest BCUT2D eigenvalue weighted by atomic mass is 10.1. The SMILES string of the molecule is CCOc1ccccc1CCCNC(=S)Nc1cccc(OC(C)C)c1. The Morgan fingerprint density at radius 3 is 2.69 bits per heavy atom. The minimum atomic E-state index is 0.148. The second-order valence-corrected chi connectivity index (χ2v) is 6.63. The van der Waals surface area contributed by atoms with Crippen molar-refractivity contribution in [1.82, 2.24) is 5.32 Å². The fraction of sp³-hybridized carbons (Fsp3) is 0.381. The largest absolute Gasteiger partial charge is 0.494 e. The third-order valence-corrected chi connectivity index (χ3v) is 3.89. The van der Waals surface area contributed by atoms with E-state index in [4.69, 9.17) is 21.7 Å². The van der Waals surface area contributed by atoms with Gasteiger partial charge >= 0.3 is 0 Å². The fourth-order valence-corrected chi connectivity index (χ4v) is 2.80. The predicted molar refractivity (Wildman–Crippen MR) is 112 cm³/mol. The maximum Gasteiger partial charge on any atom is 0.170 e. The van der Waals surface area contributed by atoms with Crippen LogP contribution in [0.2, 0.25) is 0 Å². The molecule has 2 aromatic rings. The molecule has 0 spiro atoms. The van der Waals surface area contributed by atoms with Gasteiger partial charge in [0.1, 0.15) is 11.5 Å². The lowest BCUT2D eigenvalue weighted by Gasteiger charge is -2.14. The molecule has 2 N–H and O–H groups in total. The summed E-state index contributed by atoms with van der Waals surface area (Å²) in [6.07, 6.45) is 2.07. The number of ether oxygens (including phenoxy) is 2. The van der Waals surface area contributed by atoms with Crippen LogP contribution in [0.5, 0.6) is 11.5 Å². The molecule has 0 heterocycles. The van der Waals surface area contributed by atoms with Crippen LogP contribution in [0.3, 0.4) is 0 Å². The van der Waals surface area contributed by atoms with Crippen molar-refractivity contribution in [2.45, 2.75) is 39.7 Å². The van der Waals surface area contributed by atoms with Gasteiger partial charge in [0.2, 0.25) is 0 Å². The molecule has 0 atom stereocenters. The molecule has 26 heavy (non-hydrogen) atoms. The van der Waals surface area contributed by atoms with Crippen LogP contribution in [0.1, 0.15) is 32.8 Å². The first-order valence-corrected chi connectivity index (χ1v) is 9.51. The summed E-state index contributed by atoms with van der Waals surface area (Å²) in [4.78, 5) is 0. The van der Waals surface area contributed by atoms with Crippen LogP contribution in [0, 0.1) is 0 Å². The Bertz CT molecular complexity index is 704. The van der Waals surface area contributed by atoms with Crippen LogP contribution < -0.4 is 20.1 Å². The van der Waals surface area contributed by atoms with Gasteiger partial charge in [0.05, 0.1) is 12.7 Å². The van der Waals surface area contributed by atoms with Crippen molar-refractivity contribution in [3.8, 4) is 11.5 Å². The molecule has 0 aliphatic carbocycles. The molecule has 0 saturated heterocycles. The Balaban J connectivity index is 1.76. The average molecular weight is 373 g/mol. The van der Waals surface area contributed by atoms with E-state index in [2.05, 4.69) is 16.7 Å². The number of thiocarbonyl (C=S) groups is 1. The number of benzene rings is 2. The van der Waals surface area contributed by atoms with Gasteiger partial charge in [0, 0.05) is 18.3 Å². The van der Waals surface area contributed by atoms with Crippen molar-refractivity contribution < 1.29 is 9.47 Å². The number of anilines is 1. The van der Waals surface area contributed by atoms with Crippen molar-refractivity contribution in [3.05, 3.63) is 54.1 Å². The molecule has 2 aromatic carbocycles. The molecule has 2 rings (SSSR count). The smallest absolute Gasteiger partial charge is 0.170 e. The van der Waals surface area contributed by atoms with Crippen molar-refractivity contribution in [3.63, 3.8) is 0 Å². The van der Waals surface area contributed by atoms with E-state index in [1.165, 1.54) is 5.56 Å². The number of aryl methyl sites for hydroxylation is 1. The number of nitrogens with one attached hydrogen (secondary N) is 2. The molecule has 140 valence electrons. The second-order valence-electron chi connectivity index (χ2n) is 6.22. The van der Waals surface area contributed by atoms with E-state index in [0.29, 0.717) is 11.7 Å². The minimum absolute atomic E-state index is 0.148. The zero-order valence-corrected chi connectivity index (χ0v) is 16.6. The maximum absolute atomic E-state index is 5.70. The summed E-state index contributed by atoms with van der Waals surface area (Å²) in [5.41, 5.74) is 2.15. The molecule has 0 amide bonds. The van der Waals surface area contributed by atoms with E-state index in [0.717, 1.165) is 36.6 Å². The Morgan fingerprint density at radius 2 is 1.92 bits per heavy atom. The highest BCUT2D eigenvalue weighted by Gasteiger charge is 2.04. The van der Waals surface area contributed by atoms with Gasteiger partial charge in [0.15, 0.2) is 5.11 Å². The molecule has 0 unspecified atom stereocenters. The number of hydrogen-bond acceptors (Lipinski definition) is 3. The van der Waals surface area contributed by atoms with Gasteiger partial charge in [-0.3, -0.25) is 0 Å². The summed E-state index contributed by atoms with van der Waals surface area (Å²) in [7, 11) is 0. The Kier molecular flexibility index (Phi) is 8.22. The zero-order chi connectivity index (χ0) is 18.8. The quantitative estimate of drug-likeness (QED) is 0.489. The first-order chi connectivity index (χ1) is 12.6. The minimum Gasteiger partial charge on any atom is -0.494 e. The summed E-state index contributed by atoms with van der Waals surface area (Å²) in [5.74, 6) is 1.80. The van der Waals surface area contributed by atoms with E-state index in [1.54, 1.807) is 0 Å². The Labute approximate surface area is 161 Å². The van der Waals surface area contributed by atoms with E-state index >= 15 is 0 Å². The van der Waals surface area contributed by atoms with Gasteiger partial charge in [-0.15, -0.1) is 0 Å². The summed E-state index contributed by atoms with van der Waals surface area (Å²) in [6.45, 7) is 7.51. The molecule has 0 radical (unpaired) electrons. The highest BCUT2D eigenvalue weighted by Crippen LogP contribution is 2.20. The van der Waals surface area contributed by atoms with E-state index in [-0.39, 0.29) is 6.10 Å². The zero-order valence-electron chi connectivity index (χ0n) is 15.7. The topological polar surface area (TPSA) is 42.5 Å². The van der Waals surface area contributed by atoms with Crippen LogP contribution in [0.25, 0.3) is 0 Å². The molecule has 0 fully saturated rings. The third kappa shape index (κ3) is 6.92. The molecule has 0 aromatic heterocycles. The van der Waals surface area contributed by atoms with Crippen LogP contribution in [-0.4, -0.2) is 24.4 Å². The fourth-order valence-electron chi connectivity index (χ4n) is 2.58. The molecule has 4 nitrogen and oxygen atoms in total. The van der Waals surface area contributed by atoms with Gasteiger partial charge in [-0.2, -0.15) is 0 Å². The van der Waals surface area contributed by atoms with Gasteiger partial charge < -0.3 is 20.1 Å². The first-order valence-electron chi connectivity index (χ1n) is 9.10. The Morgan fingerprint density at radius 1 is 1.12 bits per heavy atom. The van der Waals surface area contributed by atoms with E-state index < -0.39 is 0 Å². The number of rotatable bonds is 9. The maximum atomic E-state index is 5.70. The van der Waals surface area contributed by atoms with Crippen LogP contribution >= 0.6 is 12.2 Å². The standard InChI is InChI=1S/C21H28N2O2S/c1-4-24-20-13-6-5-9-17(20)10-8-14-22-21(26)23-18-11-7-12-19(15-18)25-16(2)3/h5-7,9,11-13,15-16H,4,8,10,14H2,1-3H3,(H2,22,23,26). The summed E-state index contributed by atoms with van der Waals surface area (Å²) in [6, 6.07) is 16.0. The molecule has 0 aliphatic heterocycles. The van der Waals surface area contributed by atoms with Gasteiger partial charge in [-0.1, -0.05) is 24.3 Å². The van der Waals surface area contributed by atoms with Crippen molar-refractivity contribution in [2.75, 3.05) is 18.5 Å². The van der Waals surface area contributed by atoms with Gasteiger partial charge in [0.25, 0.3) is 0 Å². The first kappa shape index (κ1) is 20.0. The lowest BCUT2D eigenvalue weighted by Crippen LogP contribution is -2.29. The average Bonchev–Trinajstić information content (AvgIpc) is 2.60. The molecule has 0 aliphatic rings. The third-order valence-electron chi connectivity index (χ3n) is 3.64. The van der Waals surface area contributed by atoms with Crippen molar-refractivity contribution in [2.24, 2.45) is 0 Å². The molecule has 0 bridgehead atoms. The van der Waals surface area contributed by atoms with Crippen LogP contribution in [0.15, 0.2) is 48.5 Å². The monoisotopic (exact) mass is 372 g/mol. The predicted octanol–water partition coefficient (Wildman–Crippen LogP) is 4.79. The molecular formula is C21H28N2O2S. The van der Waals surface area contributed by atoms with Gasteiger partial charge in [-0.25, -0.2) is 0 Å². The number of para-hydroxylation sites is 1. The van der Waals surface area contributed by atoms with Crippen molar-refractivity contribution in [1.29, 1.82) is 0 Å². The van der Waals surface area contributed by atoms with Crippen LogP contribution in [-0.2, 0) is 6.42 Å². The molecule has 0 saturated carbocycles. The summed E-state index contributed by atoms with van der Waals surface area (Å²) >= 11 is 5.38. The van der Waals surface area contributed by atoms with E-state index in [9.17, 15) is 0 Å². The number of hydrogen-bond donors (Lipinski definition) is 2. The second kappa shape index (κ2) is 10.7.